The molecule has 4 rings (SSSR count). The van der Waals surface area contributed by atoms with Gasteiger partial charge in [-0.15, -0.1) is 0 Å². The highest BCUT2D eigenvalue weighted by Crippen LogP contribution is 2.23. The Morgan fingerprint density at radius 2 is 2.14 bits per heavy atom. The summed E-state index contributed by atoms with van der Waals surface area (Å²) in [7, 11) is 0. The topological polar surface area (TPSA) is 84.7 Å². The molecule has 8 heteroatoms. The summed E-state index contributed by atoms with van der Waals surface area (Å²) in [6.45, 7) is 3.83. The number of benzene rings is 1. The maximum atomic E-state index is 12.6. The maximum Gasteiger partial charge on any atom is 0.254 e. The lowest BCUT2D eigenvalue weighted by Crippen LogP contribution is -2.26. The van der Waals surface area contributed by atoms with Crippen LogP contribution in [-0.2, 0) is 0 Å². The molecule has 0 spiro atoms. The minimum Gasteiger partial charge on any atom is -0.351 e. The van der Waals surface area contributed by atoms with Gasteiger partial charge in [-0.1, -0.05) is 23.7 Å². The highest BCUT2D eigenvalue weighted by molar-refractivity contribution is 6.30. The Morgan fingerprint density at radius 3 is 2.89 bits per heavy atom. The summed E-state index contributed by atoms with van der Waals surface area (Å²) < 4.78 is 1.61. The van der Waals surface area contributed by atoms with Gasteiger partial charge in [-0.3, -0.25) is 4.79 Å². The van der Waals surface area contributed by atoms with Crippen LogP contribution in [0.2, 0.25) is 5.02 Å². The van der Waals surface area contributed by atoms with Crippen LogP contribution in [0, 0.1) is 6.92 Å². The smallest absolute Gasteiger partial charge is 0.254 e. The molecule has 2 heterocycles. The lowest BCUT2D eigenvalue weighted by Gasteiger charge is -2.13. The van der Waals surface area contributed by atoms with Gasteiger partial charge in [-0.05, 0) is 44.4 Å². The number of hydrogen-bond acceptors (Lipinski definition) is 5. The highest BCUT2D eigenvalue weighted by Gasteiger charge is 2.22. The summed E-state index contributed by atoms with van der Waals surface area (Å²) in [5.41, 5.74) is 2.28. The van der Waals surface area contributed by atoms with Crippen molar-refractivity contribution >= 4 is 23.5 Å². The first-order valence-electron chi connectivity index (χ1n) is 9.21. The van der Waals surface area contributed by atoms with Gasteiger partial charge >= 0.3 is 0 Å². The standard InChI is InChI=1S/C20H21ClN6O/c1-12-9-22-20(25-17-6-7-17)26-18(12)27-11-15(10-23-27)19(28)24-13(2)14-4-3-5-16(21)8-14/h3-5,8-11,13,17H,6-7H2,1-2H3,(H,24,28)(H,22,25,26)/t13-/m1/s1. The Bertz CT molecular complexity index is 1010. The number of anilines is 1. The van der Waals surface area contributed by atoms with E-state index in [4.69, 9.17) is 11.6 Å². The van der Waals surface area contributed by atoms with Gasteiger partial charge in [0, 0.05) is 29.0 Å². The molecular formula is C20H21ClN6O. The normalized spacial score (nSPS) is 14.5. The average Bonchev–Trinajstić information content (AvgIpc) is 3.35. The predicted octanol–water partition coefficient (Wildman–Crippen LogP) is 3.69. The molecule has 2 N–H and O–H groups in total. The molecule has 0 saturated heterocycles. The van der Waals surface area contributed by atoms with Crippen LogP contribution in [0.3, 0.4) is 0 Å². The van der Waals surface area contributed by atoms with Crippen LogP contribution < -0.4 is 10.6 Å². The van der Waals surface area contributed by atoms with Gasteiger partial charge in [0.2, 0.25) is 5.95 Å². The molecule has 0 radical (unpaired) electrons. The van der Waals surface area contributed by atoms with Crippen molar-refractivity contribution in [2.75, 3.05) is 5.32 Å². The predicted molar refractivity (Wildman–Crippen MR) is 108 cm³/mol. The highest BCUT2D eigenvalue weighted by atomic mass is 35.5. The molecule has 2 aromatic heterocycles. The van der Waals surface area contributed by atoms with Crippen molar-refractivity contribution in [3.8, 4) is 5.82 Å². The van der Waals surface area contributed by atoms with E-state index in [0.29, 0.717) is 28.4 Å². The zero-order valence-corrected chi connectivity index (χ0v) is 16.4. The monoisotopic (exact) mass is 396 g/mol. The largest absolute Gasteiger partial charge is 0.351 e. The van der Waals surface area contributed by atoms with Crippen molar-refractivity contribution < 1.29 is 4.79 Å². The van der Waals surface area contributed by atoms with Crippen molar-refractivity contribution in [3.05, 3.63) is 64.6 Å². The summed E-state index contributed by atoms with van der Waals surface area (Å²) in [4.78, 5) is 21.5. The summed E-state index contributed by atoms with van der Waals surface area (Å²) in [6, 6.07) is 7.73. The van der Waals surface area contributed by atoms with Gasteiger partial charge in [-0.2, -0.15) is 10.1 Å². The molecule has 28 heavy (non-hydrogen) atoms. The van der Waals surface area contributed by atoms with E-state index in [2.05, 4.69) is 25.7 Å². The van der Waals surface area contributed by atoms with Crippen LogP contribution in [0.15, 0.2) is 42.9 Å². The van der Waals surface area contributed by atoms with E-state index in [1.54, 1.807) is 23.1 Å². The van der Waals surface area contributed by atoms with Gasteiger partial charge in [0.15, 0.2) is 5.82 Å². The second-order valence-electron chi connectivity index (χ2n) is 7.04. The molecule has 1 aromatic carbocycles. The van der Waals surface area contributed by atoms with Crippen molar-refractivity contribution in [3.63, 3.8) is 0 Å². The maximum absolute atomic E-state index is 12.6. The van der Waals surface area contributed by atoms with Gasteiger partial charge in [0.25, 0.3) is 5.91 Å². The fourth-order valence-corrected chi connectivity index (χ4v) is 3.04. The van der Waals surface area contributed by atoms with Crippen molar-refractivity contribution in [1.29, 1.82) is 0 Å². The van der Waals surface area contributed by atoms with E-state index < -0.39 is 0 Å². The van der Waals surface area contributed by atoms with E-state index in [1.807, 2.05) is 32.0 Å². The number of aromatic nitrogens is 4. The van der Waals surface area contributed by atoms with Crippen LogP contribution in [0.25, 0.3) is 5.82 Å². The van der Waals surface area contributed by atoms with Crippen LogP contribution in [0.4, 0.5) is 5.95 Å². The van der Waals surface area contributed by atoms with Crippen molar-refractivity contribution in [1.82, 2.24) is 25.1 Å². The second kappa shape index (κ2) is 7.59. The Labute approximate surface area is 168 Å². The minimum absolute atomic E-state index is 0.176. The first-order chi connectivity index (χ1) is 13.5. The van der Waals surface area contributed by atoms with Crippen LogP contribution in [-0.4, -0.2) is 31.7 Å². The molecule has 144 valence electrons. The molecule has 7 nitrogen and oxygen atoms in total. The number of amides is 1. The zero-order chi connectivity index (χ0) is 19.7. The number of nitrogens with zero attached hydrogens (tertiary/aromatic N) is 4. The number of aryl methyl sites for hydroxylation is 1. The SMILES string of the molecule is Cc1cnc(NC2CC2)nc1-n1cc(C(=O)N[C@H](C)c2cccc(Cl)c2)cn1. The van der Waals surface area contributed by atoms with E-state index in [9.17, 15) is 4.79 Å². The lowest BCUT2D eigenvalue weighted by molar-refractivity contribution is 0.0940. The van der Waals surface area contributed by atoms with Gasteiger partial charge in [0.05, 0.1) is 17.8 Å². The molecule has 1 atom stereocenters. The zero-order valence-electron chi connectivity index (χ0n) is 15.7. The Hall–Kier alpha value is -2.93. The fraction of sp³-hybridized carbons (Fsp3) is 0.300. The van der Waals surface area contributed by atoms with Crippen LogP contribution in [0.1, 0.15) is 47.3 Å². The summed E-state index contributed by atoms with van der Waals surface area (Å²) in [6.07, 6.45) is 7.26. The number of carbonyl (C=O) groups is 1. The first-order valence-corrected chi connectivity index (χ1v) is 9.59. The average molecular weight is 397 g/mol. The molecule has 0 bridgehead atoms. The molecule has 1 aliphatic carbocycles. The number of nitrogens with one attached hydrogen (secondary N) is 2. The quantitative estimate of drug-likeness (QED) is 0.663. The molecule has 0 unspecified atom stereocenters. The number of halogens is 1. The van der Waals surface area contributed by atoms with E-state index >= 15 is 0 Å². The van der Waals surface area contributed by atoms with E-state index in [0.717, 1.165) is 24.0 Å². The third kappa shape index (κ3) is 4.14. The summed E-state index contributed by atoms with van der Waals surface area (Å²) in [5, 5.41) is 11.2. The lowest BCUT2D eigenvalue weighted by atomic mass is 10.1. The first kappa shape index (κ1) is 18.4. The molecule has 3 aromatic rings. The molecule has 1 saturated carbocycles. The van der Waals surface area contributed by atoms with Gasteiger partial charge in [-0.25, -0.2) is 9.67 Å². The molecular weight excluding hydrogens is 376 g/mol. The van der Waals surface area contributed by atoms with Crippen molar-refractivity contribution in [2.45, 2.75) is 38.8 Å². The Morgan fingerprint density at radius 1 is 1.32 bits per heavy atom. The molecule has 1 fully saturated rings. The molecule has 0 aliphatic heterocycles. The van der Waals surface area contributed by atoms with E-state index in [1.165, 1.54) is 6.20 Å². The Kier molecular flexibility index (Phi) is 5.00. The van der Waals surface area contributed by atoms with Crippen LogP contribution in [0.5, 0.6) is 0 Å². The summed E-state index contributed by atoms with van der Waals surface area (Å²) in [5.74, 6) is 1.03. The van der Waals surface area contributed by atoms with E-state index in [-0.39, 0.29) is 11.9 Å². The third-order valence-electron chi connectivity index (χ3n) is 4.61. The molecule has 1 amide bonds. The minimum atomic E-state index is -0.207. The van der Waals surface area contributed by atoms with Crippen molar-refractivity contribution in [2.24, 2.45) is 0 Å². The van der Waals surface area contributed by atoms with Gasteiger partial charge in [0.1, 0.15) is 0 Å². The third-order valence-corrected chi connectivity index (χ3v) is 4.85. The second-order valence-corrected chi connectivity index (χ2v) is 7.48. The Balaban J connectivity index is 1.50. The fourth-order valence-electron chi connectivity index (χ4n) is 2.84. The molecule has 1 aliphatic rings. The van der Waals surface area contributed by atoms with Gasteiger partial charge < -0.3 is 10.6 Å². The number of carbonyl (C=O) groups excluding carboxylic acids is 1. The van der Waals surface area contributed by atoms with Crippen LogP contribution >= 0.6 is 11.6 Å². The summed E-state index contributed by atoms with van der Waals surface area (Å²) >= 11 is 6.03. The number of rotatable bonds is 6. The number of hydrogen-bond donors (Lipinski definition) is 2.